The standard InChI is InChI=1S/C59H43N/c1-59(2)54-27-14-12-26-53(54)58-55(59)28-16-30-57(58)60(45-36-33-40(34-37-45)43-35-38-48-44(39-43)32-31-42-19-6-7-20-46(42)48)56-29-15-13-25-52(56)51-24-11-10-23-50(51)49-22-9-8-21-47(49)41-17-4-3-5-18-41/h3-39H,1-2H3. The second kappa shape index (κ2) is 14.4. The van der Waals surface area contributed by atoms with Gasteiger partial charge in [-0.05, 0) is 108 Å². The molecule has 1 nitrogen and oxygen atoms in total. The molecule has 60 heavy (non-hydrogen) atoms. The lowest BCUT2D eigenvalue weighted by Crippen LogP contribution is -2.16. The second-order valence-electron chi connectivity index (χ2n) is 16.4. The Morgan fingerprint density at radius 3 is 1.63 bits per heavy atom. The molecule has 0 unspecified atom stereocenters. The van der Waals surface area contributed by atoms with Crippen molar-refractivity contribution in [2.75, 3.05) is 4.90 Å². The zero-order valence-electron chi connectivity index (χ0n) is 33.8. The topological polar surface area (TPSA) is 3.24 Å². The molecule has 0 aliphatic heterocycles. The molecule has 10 aromatic carbocycles. The van der Waals surface area contributed by atoms with Crippen LogP contribution in [0.3, 0.4) is 0 Å². The van der Waals surface area contributed by atoms with Crippen LogP contribution in [0.5, 0.6) is 0 Å². The fourth-order valence-electron chi connectivity index (χ4n) is 9.76. The summed E-state index contributed by atoms with van der Waals surface area (Å²) in [5.41, 5.74) is 18.2. The zero-order valence-corrected chi connectivity index (χ0v) is 33.8. The number of para-hydroxylation sites is 1. The Hall–Kier alpha value is -7.48. The Morgan fingerprint density at radius 1 is 0.317 bits per heavy atom. The van der Waals surface area contributed by atoms with Gasteiger partial charge in [-0.3, -0.25) is 0 Å². The van der Waals surface area contributed by atoms with Crippen molar-refractivity contribution in [1.29, 1.82) is 0 Å². The van der Waals surface area contributed by atoms with Crippen molar-refractivity contribution in [3.05, 3.63) is 236 Å². The number of anilines is 3. The average molecular weight is 766 g/mol. The van der Waals surface area contributed by atoms with Gasteiger partial charge in [-0.25, -0.2) is 0 Å². The van der Waals surface area contributed by atoms with Crippen LogP contribution in [-0.4, -0.2) is 0 Å². The molecule has 0 radical (unpaired) electrons. The van der Waals surface area contributed by atoms with Crippen molar-refractivity contribution in [3.8, 4) is 55.6 Å². The van der Waals surface area contributed by atoms with Gasteiger partial charge in [0.05, 0.1) is 11.4 Å². The summed E-state index contributed by atoms with van der Waals surface area (Å²) in [6.07, 6.45) is 0. The van der Waals surface area contributed by atoms with E-state index in [-0.39, 0.29) is 5.41 Å². The molecule has 0 fully saturated rings. The molecule has 0 bridgehead atoms. The van der Waals surface area contributed by atoms with Crippen LogP contribution in [-0.2, 0) is 5.41 Å². The normalized spacial score (nSPS) is 12.6. The van der Waals surface area contributed by atoms with Gasteiger partial charge in [-0.15, -0.1) is 0 Å². The molecule has 1 aliphatic rings. The van der Waals surface area contributed by atoms with Gasteiger partial charge in [0.25, 0.3) is 0 Å². The summed E-state index contributed by atoms with van der Waals surface area (Å²) in [5.74, 6) is 0. The number of nitrogens with zero attached hydrogens (tertiary/aromatic N) is 1. The monoisotopic (exact) mass is 765 g/mol. The summed E-state index contributed by atoms with van der Waals surface area (Å²) < 4.78 is 0. The number of rotatable bonds is 7. The first-order chi connectivity index (χ1) is 29.5. The van der Waals surface area contributed by atoms with Gasteiger partial charge >= 0.3 is 0 Å². The molecule has 0 heterocycles. The van der Waals surface area contributed by atoms with E-state index in [9.17, 15) is 0 Å². The number of hydrogen-bond acceptors (Lipinski definition) is 1. The predicted octanol–water partition coefficient (Wildman–Crippen LogP) is 16.4. The molecule has 0 saturated heterocycles. The SMILES string of the molecule is CC1(C)c2ccccc2-c2c(N(c3ccc(-c4ccc5c(ccc6ccccc65)c4)cc3)c3ccccc3-c3ccccc3-c3ccccc3-c3ccccc3)cccc21. The van der Waals surface area contributed by atoms with Gasteiger partial charge in [0.1, 0.15) is 0 Å². The van der Waals surface area contributed by atoms with Crippen molar-refractivity contribution in [1.82, 2.24) is 0 Å². The lowest BCUT2D eigenvalue weighted by molar-refractivity contribution is 0.660. The van der Waals surface area contributed by atoms with Crippen molar-refractivity contribution >= 4 is 38.6 Å². The van der Waals surface area contributed by atoms with E-state index in [1.165, 1.54) is 94.0 Å². The minimum Gasteiger partial charge on any atom is -0.309 e. The van der Waals surface area contributed by atoms with Crippen molar-refractivity contribution in [3.63, 3.8) is 0 Å². The van der Waals surface area contributed by atoms with Crippen LogP contribution in [0.4, 0.5) is 17.1 Å². The van der Waals surface area contributed by atoms with E-state index in [0.29, 0.717) is 0 Å². The Labute approximate surface area is 352 Å². The quantitative estimate of drug-likeness (QED) is 0.146. The summed E-state index contributed by atoms with van der Waals surface area (Å²) in [5, 5.41) is 5.09. The van der Waals surface area contributed by atoms with Crippen LogP contribution >= 0.6 is 0 Å². The third-order valence-electron chi connectivity index (χ3n) is 12.7. The van der Waals surface area contributed by atoms with Crippen LogP contribution in [0.1, 0.15) is 25.0 Å². The summed E-state index contributed by atoms with van der Waals surface area (Å²) in [6.45, 7) is 4.72. The Balaban J connectivity index is 1.10. The van der Waals surface area contributed by atoms with Gasteiger partial charge in [-0.1, -0.05) is 208 Å². The van der Waals surface area contributed by atoms with Gasteiger partial charge in [-0.2, -0.15) is 0 Å². The first-order valence-corrected chi connectivity index (χ1v) is 20.9. The maximum Gasteiger partial charge on any atom is 0.0543 e. The Kier molecular flexibility index (Phi) is 8.57. The minimum absolute atomic E-state index is 0.133. The van der Waals surface area contributed by atoms with E-state index in [1.54, 1.807) is 0 Å². The van der Waals surface area contributed by atoms with Gasteiger partial charge < -0.3 is 4.90 Å². The molecular weight excluding hydrogens is 723 g/mol. The average Bonchev–Trinajstić information content (AvgIpc) is 3.55. The summed E-state index contributed by atoms with van der Waals surface area (Å²) in [6, 6.07) is 82.4. The highest BCUT2D eigenvalue weighted by atomic mass is 15.1. The van der Waals surface area contributed by atoms with E-state index >= 15 is 0 Å². The number of hydrogen-bond donors (Lipinski definition) is 0. The lowest BCUT2D eigenvalue weighted by atomic mass is 9.82. The molecule has 0 atom stereocenters. The maximum atomic E-state index is 2.50. The summed E-state index contributed by atoms with van der Waals surface area (Å²) in [4.78, 5) is 2.50. The molecule has 284 valence electrons. The zero-order chi connectivity index (χ0) is 40.2. The Bertz CT molecular complexity index is 3230. The molecule has 0 spiro atoms. The molecule has 0 N–H and O–H groups in total. The fourth-order valence-corrected chi connectivity index (χ4v) is 9.76. The van der Waals surface area contributed by atoms with Crippen molar-refractivity contribution in [2.45, 2.75) is 19.3 Å². The number of benzene rings is 10. The minimum atomic E-state index is -0.133. The Morgan fingerprint density at radius 2 is 0.850 bits per heavy atom. The van der Waals surface area contributed by atoms with Crippen LogP contribution in [0.15, 0.2) is 224 Å². The lowest BCUT2D eigenvalue weighted by Gasteiger charge is -2.31. The van der Waals surface area contributed by atoms with Gasteiger partial charge in [0, 0.05) is 22.2 Å². The van der Waals surface area contributed by atoms with Crippen LogP contribution in [0.2, 0.25) is 0 Å². The highest BCUT2D eigenvalue weighted by molar-refractivity contribution is 6.08. The fraction of sp³-hybridized carbons (Fsp3) is 0.0508. The first-order valence-electron chi connectivity index (χ1n) is 20.9. The smallest absolute Gasteiger partial charge is 0.0543 e. The first kappa shape index (κ1) is 35.7. The highest BCUT2D eigenvalue weighted by Crippen LogP contribution is 2.55. The molecule has 10 aromatic rings. The van der Waals surface area contributed by atoms with Crippen LogP contribution < -0.4 is 4.90 Å². The van der Waals surface area contributed by atoms with E-state index in [1.807, 2.05) is 0 Å². The van der Waals surface area contributed by atoms with Crippen molar-refractivity contribution < 1.29 is 0 Å². The van der Waals surface area contributed by atoms with Crippen molar-refractivity contribution in [2.24, 2.45) is 0 Å². The third kappa shape index (κ3) is 5.85. The van der Waals surface area contributed by atoms with Crippen LogP contribution in [0, 0.1) is 0 Å². The number of fused-ring (bicyclic) bond motifs is 6. The molecular formula is C59H43N. The molecule has 11 rings (SSSR count). The largest absolute Gasteiger partial charge is 0.309 e. The molecule has 0 amide bonds. The summed E-state index contributed by atoms with van der Waals surface area (Å²) >= 11 is 0. The molecule has 0 aromatic heterocycles. The molecule has 0 saturated carbocycles. The van der Waals surface area contributed by atoms with Crippen LogP contribution in [0.25, 0.3) is 77.2 Å². The van der Waals surface area contributed by atoms with Gasteiger partial charge in [0.2, 0.25) is 0 Å². The predicted molar refractivity (Wildman–Crippen MR) is 255 cm³/mol. The third-order valence-corrected chi connectivity index (χ3v) is 12.7. The molecule has 1 aliphatic carbocycles. The molecule has 1 heteroatoms. The van der Waals surface area contributed by atoms with E-state index in [4.69, 9.17) is 0 Å². The van der Waals surface area contributed by atoms with E-state index in [2.05, 4.69) is 243 Å². The second-order valence-corrected chi connectivity index (χ2v) is 16.4. The van der Waals surface area contributed by atoms with E-state index in [0.717, 1.165) is 11.4 Å². The highest BCUT2D eigenvalue weighted by Gasteiger charge is 2.38. The maximum absolute atomic E-state index is 2.50. The summed E-state index contributed by atoms with van der Waals surface area (Å²) in [7, 11) is 0. The van der Waals surface area contributed by atoms with E-state index < -0.39 is 0 Å². The van der Waals surface area contributed by atoms with Gasteiger partial charge in [0.15, 0.2) is 0 Å².